The molecule has 9 heteroatoms. The summed E-state index contributed by atoms with van der Waals surface area (Å²) in [5.41, 5.74) is -4.39. The Bertz CT molecular complexity index is 545. The Balaban J connectivity index is 2.71. The summed E-state index contributed by atoms with van der Waals surface area (Å²) in [4.78, 5) is -0.111. The number of sulfonamides is 1. The van der Waals surface area contributed by atoms with E-state index in [1.54, 1.807) is 0 Å². The van der Waals surface area contributed by atoms with E-state index in [1.807, 2.05) is 13.8 Å². The van der Waals surface area contributed by atoms with Crippen LogP contribution in [0.3, 0.4) is 0 Å². The molecule has 21 heavy (non-hydrogen) atoms. The SMILES string of the molecule is CCN[C@H](C)CNS(=O)(=O)c1ccc(SC(F)(F)F)cc1. The highest BCUT2D eigenvalue weighted by atomic mass is 32.2. The van der Waals surface area contributed by atoms with Crippen molar-refractivity contribution in [2.75, 3.05) is 13.1 Å². The molecule has 0 heterocycles. The fourth-order valence-electron chi connectivity index (χ4n) is 1.56. The van der Waals surface area contributed by atoms with Gasteiger partial charge < -0.3 is 5.32 Å². The number of nitrogens with one attached hydrogen (secondary N) is 2. The molecule has 0 bridgehead atoms. The smallest absolute Gasteiger partial charge is 0.313 e. The van der Waals surface area contributed by atoms with Gasteiger partial charge >= 0.3 is 5.51 Å². The molecule has 0 spiro atoms. The molecule has 120 valence electrons. The quantitative estimate of drug-likeness (QED) is 0.748. The maximum atomic E-state index is 12.2. The van der Waals surface area contributed by atoms with Gasteiger partial charge in [-0.25, -0.2) is 13.1 Å². The van der Waals surface area contributed by atoms with Crippen molar-refractivity contribution in [2.24, 2.45) is 0 Å². The van der Waals surface area contributed by atoms with Gasteiger partial charge in [0.1, 0.15) is 0 Å². The van der Waals surface area contributed by atoms with E-state index in [-0.39, 0.29) is 34.1 Å². The van der Waals surface area contributed by atoms with Crippen molar-refractivity contribution >= 4 is 21.8 Å². The first-order chi connectivity index (χ1) is 9.64. The lowest BCUT2D eigenvalue weighted by Gasteiger charge is -2.13. The van der Waals surface area contributed by atoms with E-state index >= 15 is 0 Å². The van der Waals surface area contributed by atoms with Crippen molar-refractivity contribution in [1.82, 2.24) is 10.0 Å². The number of benzene rings is 1. The Kier molecular flexibility index (Phi) is 6.51. The van der Waals surface area contributed by atoms with Crippen LogP contribution in [0.4, 0.5) is 13.2 Å². The molecule has 0 unspecified atom stereocenters. The molecule has 4 nitrogen and oxygen atoms in total. The molecule has 1 aromatic carbocycles. The van der Waals surface area contributed by atoms with Crippen LogP contribution in [0.15, 0.2) is 34.1 Å². The van der Waals surface area contributed by atoms with Gasteiger partial charge in [0.15, 0.2) is 0 Å². The van der Waals surface area contributed by atoms with E-state index in [0.717, 1.165) is 24.3 Å². The van der Waals surface area contributed by atoms with E-state index < -0.39 is 15.5 Å². The van der Waals surface area contributed by atoms with Crippen molar-refractivity contribution in [3.8, 4) is 0 Å². The van der Waals surface area contributed by atoms with Crippen LogP contribution in [0.25, 0.3) is 0 Å². The van der Waals surface area contributed by atoms with Crippen molar-refractivity contribution in [3.05, 3.63) is 24.3 Å². The summed E-state index contributed by atoms with van der Waals surface area (Å²) in [6.45, 7) is 4.65. The van der Waals surface area contributed by atoms with Crippen LogP contribution in [0.5, 0.6) is 0 Å². The van der Waals surface area contributed by atoms with Crippen molar-refractivity contribution in [2.45, 2.75) is 35.2 Å². The number of halogens is 3. The van der Waals surface area contributed by atoms with Gasteiger partial charge in [0.05, 0.1) is 4.90 Å². The molecule has 1 atom stereocenters. The molecule has 1 rings (SSSR count). The standard InChI is InChI=1S/C12H17F3N2O2S2/c1-3-16-9(2)8-17-21(18,19)11-6-4-10(5-7-11)20-12(13,14)15/h4-7,9,16-17H,3,8H2,1-2H3/t9-/m1/s1. The van der Waals surface area contributed by atoms with Crippen LogP contribution >= 0.6 is 11.8 Å². The molecule has 1 aromatic rings. The van der Waals surface area contributed by atoms with Gasteiger partial charge in [0, 0.05) is 17.5 Å². The summed E-state index contributed by atoms with van der Waals surface area (Å²) < 4.78 is 62.9. The Morgan fingerprint density at radius 2 is 1.81 bits per heavy atom. The van der Waals surface area contributed by atoms with Crippen LogP contribution in [0.1, 0.15) is 13.8 Å². The largest absolute Gasteiger partial charge is 0.446 e. The number of alkyl halides is 3. The first-order valence-corrected chi connectivity index (χ1v) is 8.53. The summed E-state index contributed by atoms with van der Waals surface area (Å²) in [6.07, 6.45) is 0. The number of hydrogen-bond donors (Lipinski definition) is 2. The van der Waals surface area contributed by atoms with Gasteiger partial charge in [-0.15, -0.1) is 0 Å². The van der Waals surface area contributed by atoms with Gasteiger partial charge in [0.2, 0.25) is 10.0 Å². The number of hydrogen-bond acceptors (Lipinski definition) is 4. The Hall–Kier alpha value is -0.770. The van der Waals surface area contributed by atoms with Crippen LogP contribution in [0.2, 0.25) is 0 Å². The van der Waals surface area contributed by atoms with Crippen LogP contribution in [-0.2, 0) is 10.0 Å². The normalized spacial score (nSPS) is 14.1. The third-order valence-electron chi connectivity index (χ3n) is 2.50. The van der Waals surface area contributed by atoms with E-state index in [2.05, 4.69) is 10.0 Å². The molecule has 0 saturated heterocycles. The van der Waals surface area contributed by atoms with Gasteiger partial charge in [-0.1, -0.05) is 6.92 Å². The second-order valence-corrected chi connectivity index (χ2v) is 7.24. The van der Waals surface area contributed by atoms with E-state index in [0.29, 0.717) is 6.54 Å². The summed E-state index contributed by atoms with van der Waals surface area (Å²) in [6, 6.07) is 4.56. The van der Waals surface area contributed by atoms with Gasteiger partial charge in [-0.2, -0.15) is 13.2 Å². The second kappa shape index (κ2) is 7.48. The van der Waals surface area contributed by atoms with Crippen LogP contribution in [-0.4, -0.2) is 33.1 Å². The highest BCUT2D eigenvalue weighted by molar-refractivity contribution is 8.00. The first kappa shape index (κ1) is 18.3. The lowest BCUT2D eigenvalue weighted by Crippen LogP contribution is -2.38. The lowest BCUT2D eigenvalue weighted by molar-refractivity contribution is -0.0328. The minimum absolute atomic E-state index is 0.0372. The summed E-state index contributed by atoms with van der Waals surface area (Å²) in [5.74, 6) is 0. The third-order valence-corrected chi connectivity index (χ3v) is 4.68. The number of rotatable bonds is 7. The van der Waals surface area contributed by atoms with Crippen molar-refractivity contribution in [1.29, 1.82) is 0 Å². The maximum absolute atomic E-state index is 12.2. The minimum atomic E-state index is -4.39. The molecule has 0 aromatic heterocycles. The molecule has 0 fully saturated rings. The zero-order valence-corrected chi connectivity index (χ0v) is 13.2. The zero-order chi connectivity index (χ0) is 16.1. The Labute approximate surface area is 126 Å². The molecular formula is C12H17F3N2O2S2. The van der Waals surface area contributed by atoms with Gasteiger partial charge in [-0.05, 0) is 49.5 Å². The van der Waals surface area contributed by atoms with E-state index in [1.165, 1.54) is 0 Å². The van der Waals surface area contributed by atoms with Gasteiger partial charge in [0.25, 0.3) is 0 Å². The third kappa shape index (κ3) is 6.68. The lowest BCUT2D eigenvalue weighted by atomic mass is 10.3. The molecule has 0 aliphatic rings. The van der Waals surface area contributed by atoms with E-state index in [4.69, 9.17) is 0 Å². The summed E-state index contributed by atoms with van der Waals surface area (Å²) >= 11 is -0.280. The van der Waals surface area contributed by atoms with E-state index in [9.17, 15) is 21.6 Å². The predicted octanol–water partition coefficient (Wildman–Crippen LogP) is 2.57. The molecule has 0 aliphatic carbocycles. The Morgan fingerprint density at radius 1 is 1.24 bits per heavy atom. The molecule has 0 radical (unpaired) electrons. The average molecular weight is 342 g/mol. The maximum Gasteiger partial charge on any atom is 0.446 e. The van der Waals surface area contributed by atoms with Crippen molar-refractivity contribution < 1.29 is 21.6 Å². The van der Waals surface area contributed by atoms with Crippen molar-refractivity contribution in [3.63, 3.8) is 0 Å². The highest BCUT2D eigenvalue weighted by Gasteiger charge is 2.29. The zero-order valence-electron chi connectivity index (χ0n) is 11.6. The molecular weight excluding hydrogens is 325 g/mol. The second-order valence-electron chi connectivity index (χ2n) is 4.33. The number of likely N-dealkylation sites (N-methyl/N-ethyl adjacent to an activating group) is 1. The van der Waals surface area contributed by atoms with Gasteiger partial charge in [-0.3, -0.25) is 0 Å². The monoisotopic (exact) mass is 342 g/mol. The summed E-state index contributed by atoms with van der Waals surface area (Å²) in [5, 5.41) is 3.05. The predicted molar refractivity (Wildman–Crippen MR) is 76.7 cm³/mol. The highest BCUT2D eigenvalue weighted by Crippen LogP contribution is 2.36. The minimum Gasteiger partial charge on any atom is -0.313 e. The van der Waals surface area contributed by atoms with Crippen LogP contribution in [0, 0.1) is 0 Å². The topological polar surface area (TPSA) is 58.2 Å². The fourth-order valence-corrected chi connectivity index (χ4v) is 3.23. The Morgan fingerprint density at radius 3 is 2.29 bits per heavy atom. The summed E-state index contributed by atoms with van der Waals surface area (Å²) in [7, 11) is -3.71. The average Bonchev–Trinajstić information content (AvgIpc) is 2.36. The molecule has 0 saturated carbocycles. The fraction of sp³-hybridized carbons (Fsp3) is 0.500. The number of thioether (sulfide) groups is 1. The molecule has 2 N–H and O–H groups in total. The molecule has 0 aliphatic heterocycles. The van der Waals surface area contributed by atoms with Crippen LogP contribution < -0.4 is 10.0 Å². The molecule has 0 amide bonds. The first-order valence-electron chi connectivity index (χ1n) is 6.23.